The van der Waals surface area contributed by atoms with Gasteiger partial charge in [0.25, 0.3) is 5.91 Å². The molecule has 0 N–H and O–H groups in total. The molecule has 4 atom stereocenters. The Morgan fingerprint density at radius 2 is 1.93 bits per heavy atom. The molecule has 2 aliphatic carbocycles. The Morgan fingerprint density at radius 3 is 2.70 bits per heavy atom. The lowest BCUT2D eigenvalue weighted by atomic mass is 9.71. The van der Waals surface area contributed by atoms with Gasteiger partial charge >= 0.3 is 0 Å². The first-order chi connectivity index (χ1) is 13.2. The number of carbonyl (C=O) groups excluding carboxylic acids is 1. The van der Waals surface area contributed by atoms with E-state index in [0.29, 0.717) is 11.2 Å². The number of nitrogens with zero attached hydrogens (tertiary/aromatic N) is 1. The van der Waals surface area contributed by atoms with Crippen molar-refractivity contribution < 1.29 is 9.53 Å². The van der Waals surface area contributed by atoms with Gasteiger partial charge in [-0.25, -0.2) is 0 Å². The molecule has 0 saturated carbocycles. The van der Waals surface area contributed by atoms with Gasteiger partial charge < -0.3 is 4.74 Å². The van der Waals surface area contributed by atoms with Gasteiger partial charge in [-0.1, -0.05) is 40.5 Å². The highest BCUT2D eigenvalue weighted by atomic mass is 32.2. The van der Waals surface area contributed by atoms with Gasteiger partial charge in [-0.3, -0.25) is 4.79 Å². The van der Waals surface area contributed by atoms with Gasteiger partial charge in [0.05, 0.1) is 13.0 Å². The minimum Gasteiger partial charge on any atom is -0.497 e. The van der Waals surface area contributed by atoms with Crippen LogP contribution < -0.4 is 4.74 Å². The monoisotopic (exact) mass is 377 g/mol. The normalized spacial score (nSPS) is 28.5. The Morgan fingerprint density at radius 1 is 1.11 bits per heavy atom. The summed E-state index contributed by atoms with van der Waals surface area (Å²) in [6.07, 6.45) is 5.26. The topological polar surface area (TPSA) is 38.7 Å². The molecule has 0 spiro atoms. The molecular weight excluding hydrogens is 354 g/mol. The second kappa shape index (κ2) is 6.45. The molecule has 0 saturated heterocycles. The summed E-state index contributed by atoms with van der Waals surface area (Å²) >= 11 is 0. The summed E-state index contributed by atoms with van der Waals surface area (Å²) in [7, 11) is 1.38. The summed E-state index contributed by atoms with van der Waals surface area (Å²) in [5.41, 5.74) is 5.38. The van der Waals surface area contributed by atoms with E-state index in [-0.39, 0.29) is 22.5 Å². The van der Waals surface area contributed by atoms with Crippen LogP contribution >= 0.6 is 0 Å². The van der Waals surface area contributed by atoms with Crippen LogP contribution in [-0.2, 0) is 21.9 Å². The minimum absolute atomic E-state index is 0.0585. The molecule has 2 aromatic rings. The van der Waals surface area contributed by atoms with E-state index in [1.807, 2.05) is 0 Å². The van der Waals surface area contributed by atoms with Crippen LogP contribution in [0.15, 0.2) is 57.8 Å². The predicted octanol–water partition coefficient (Wildman–Crippen LogP) is 4.74. The van der Waals surface area contributed by atoms with E-state index >= 15 is 0 Å². The van der Waals surface area contributed by atoms with Crippen molar-refractivity contribution in [2.24, 2.45) is 16.2 Å². The van der Waals surface area contributed by atoms with Gasteiger partial charge in [-0.05, 0) is 73.1 Å². The summed E-state index contributed by atoms with van der Waals surface area (Å²) < 4.78 is 10.0. The molecule has 4 heteroatoms. The molecule has 5 rings (SSSR count). The number of allylic oxidation sites excluding steroid dienone is 2. The minimum atomic E-state index is -0.337. The lowest BCUT2D eigenvalue weighted by molar-refractivity contribution is -0.121. The van der Waals surface area contributed by atoms with E-state index in [4.69, 9.17) is 4.74 Å². The fourth-order valence-electron chi connectivity index (χ4n) is 4.79. The first kappa shape index (κ1) is 16.9. The van der Waals surface area contributed by atoms with Crippen molar-refractivity contribution in [3.05, 3.63) is 65.2 Å². The predicted molar refractivity (Wildman–Crippen MR) is 109 cm³/mol. The van der Waals surface area contributed by atoms with Gasteiger partial charge in [-0.15, -0.1) is 0 Å². The number of hydrogen-bond donors (Lipinski definition) is 0. The highest BCUT2D eigenvalue weighted by Gasteiger charge is 2.47. The van der Waals surface area contributed by atoms with Crippen molar-refractivity contribution in [1.82, 2.24) is 0 Å². The van der Waals surface area contributed by atoms with Gasteiger partial charge in [0.15, 0.2) is 0 Å². The molecule has 138 valence electrons. The van der Waals surface area contributed by atoms with Gasteiger partial charge in [-0.2, -0.15) is 4.36 Å². The molecule has 0 unspecified atom stereocenters. The molecule has 0 bridgehead atoms. The summed E-state index contributed by atoms with van der Waals surface area (Å²) in [4.78, 5) is 13.9. The number of amides is 1. The van der Waals surface area contributed by atoms with Crippen LogP contribution in [0.2, 0.25) is 0 Å². The SMILES string of the molecule is COc1ccc2c(c1)CC[C@@H]1C2=CC[C@@H]2C(=O)N=[S@@](c3ccc(C)cc3)[C@@H]21. The van der Waals surface area contributed by atoms with Crippen LogP contribution in [0.3, 0.4) is 0 Å². The van der Waals surface area contributed by atoms with Gasteiger partial charge in [0, 0.05) is 10.1 Å². The van der Waals surface area contributed by atoms with Gasteiger partial charge in [0.1, 0.15) is 5.75 Å². The fraction of sp³-hybridized carbons (Fsp3) is 0.348. The van der Waals surface area contributed by atoms with Crippen LogP contribution in [0.4, 0.5) is 0 Å². The van der Waals surface area contributed by atoms with E-state index in [2.05, 4.69) is 59.8 Å². The zero-order valence-electron chi connectivity index (χ0n) is 15.6. The average molecular weight is 378 g/mol. The summed E-state index contributed by atoms with van der Waals surface area (Å²) in [5.74, 6) is 1.51. The van der Waals surface area contributed by atoms with Crippen LogP contribution in [0.5, 0.6) is 5.75 Å². The van der Waals surface area contributed by atoms with E-state index in [0.717, 1.165) is 25.0 Å². The lowest BCUT2D eigenvalue weighted by Crippen LogP contribution is -2.37. The molecule has 0 radical (unpaired) electrons. The molecule has 1 aliphatic heterocycles. The van der Waals surface area contributed by atoms with E-state index in [1.54, 1.807) is 7.11 Å². The second-order valence-electron chi connectivity index (χ2n) is 7.69. The molecule has 0 aromatic heterocycles. The molecule has 3 nitrogen and oxygen atoms in total. The van der Waals surface area contributed by atoms with Crippen LogP contribution in [0.1, 0.15) is 29.5 Å². The van der Waals surface area contributed by atoms with Crippen molar-refractivity contribution in [2.45, 2.75) is 36.3 Å². The van der Waals surface area contributed by atoms with Crippen LogP contribution in [0.25, 0.3) is 5.57 Å². The molecule has 1 heterocycles. The Kier molecular flexibility index (Phi) is 4.05. The molecule has 2 aromatic carbocycles. The number of fused-ring (bicyclic) bond motifs is 5. The Labute approximate surface area is 162 Å². The quantitative estimate of drug-likeness (QED) is 0.758. The van der Waals surface area contributed by atoms with E-state index in [1.165, 1.54) is 27.2 Å². The molecule has 1 amide bonds. The molecule has 3 aliphatic rings. The largest absolute Gasteiger partial charge is 0.497 e. The van der Waals surface area contributed by atoms with Crippen molar-refractivity contribution in [2.75, 3.05) is 7.11 Å². The number of aryl methyl sites for hydroxylation is 2. The smallest absolute Gasteiger partial charge is 0.256 e. The maximum atomic E-state index is 12.7. The third kappa shape index (κ3) is 2.69. The van der Waals surface area contributed by atoms with Gasteiger partial charge in [0.2, 0.25) is 0 Å². The Bertz CT molecular complexity index is 990. The zero-order chi connectivity index (χ0) is 18.5. The number of ether oxygens (including phenoxy) is 1. The number of hydrogen-bond acceptors (Lipinski definition) is 2. The standard InChI is InChI=1S/C23H23NO2S/c1-14-3-7-17(8-4-14)27-22-20-9-5-15-13-16(26-2)6-10-18(15)19(20)11-12-21(22)23(25)24-27/h3-4,6-8,10-11,13,20-22H,5,9,12H2,1-2H3/t20-,21+,22-,27+/m1/s1. The lowest BCUT2D eigenvalue weighted by Gasteiger charge is -2.38. The summed E-state index contributed by atoms with van der Waals surface area (Å²) in [6, 6.07) is 15.0. The molecule has 27 heavy (non-hydrogen) atoms. The number of benzene rings is 2. The van der Waals surface area contributed by atoms with Crippen LogP contribution in [-0.4, -0.2) is 18.3 Å². The molecule has 0 fully saturated rings. The number of methoxy groups -OCH3 is 1. The zero-order valence-corrected chi connectivity index (χ0v) is 16.5. The second-order valence-corrected chi connectivity index (χ2v) is 9.52. The first-order valence-corrected chi connectivity index (χ1v) is 10.8. The van der Waals surface area contributed by atoms with Crippen LogP contribution in [0, 0.1) is 18.8 Å². The maximum Gasteiger partial charge on any atom is 0.256 e. The first-order valence-electron chi connectivity index (χ1n) is 9.58. The number of carbonyl (C=O) groups is 1. The maximum absolute atomic E-state index is 12.7. The van der Waals surface area contributed by atoms with E-state index in [9.17, 15) is 4.79 Å². The summed E-state index contributed by atoms with van der Waals surface area (Å²) in [5, 5.41) is 0.315. The fourth-order valence-corrected chi connectivity index (χ4v) is 7.21. The highest BCUT2D eigenvalue weighted by Crippen LogP contribution is 2.49. The third-order valence-electron chi connectivity index (χ3n) is 6.16. The third-order valence-corrected chi connectivity index (χ3v) is 8.46. The highest BCUT2D eigenvalue weighted by molar-refractivity contribution is 7.88. The Hall–Kier alpha value is -2.20. The van der Waals surface area contributed by atoms with Crippen molar-refractivity contribution >= 4 is 22.2 Å². The number of rotatable bonds is 2. The van der Waals surface area contributed by atoms with Crippen molar-refractivity contribution in [1.29, 1.82) is 0 Å². The van der Waals surface area contributed by atoms with Crippen molar-refractivity contribution in [3.8, 4) is 5.75 Å². The average Bonchev–Trinajstić information content (AvgIpc) is 3.04. The van der Waals surface area contributed by atoms with E-state index < -0.39 is 0 Å². The molecular formula is C23H23NO2S. The van der Waals surface area contributed by atoms with Crippen molar-refractivity contribution in [3.63, 3.8) is 0 Å². The summed E-state index contributed by atoms with van der Waals surface area (Å²) in [6.45, 7) is 2.10. The Balaban J connectivity index is 1.56.